The number of esters is 1. The molecule has 0 radical (unpaired) electrons. The summed E-state index contributed by atoms with van der Waals surface area (Å²) < 4.78 is 7.13. The van der Waals surface area contributed by atoms with Crippen molar-refractivity contribution in [1.29, 1.82) is 0 Å². The second-order valence-corrected chi connectivity index (χ2v) is 7.81. The van der Waals surface area contributed by atoms with E-state index in [1.807, 2.05) is 36.5 Å². The summed E-state index contributed by atoms with van der Waals surface area (Å²) in [7, 11) is 3.45. The molecule has 2 aromatic carbocycles. The first kappa shape index (κ1) is 18.4. The number of hydrogen-bond acceptors (Lipinski definition) is 4. The van der Waals surface area contributed by atoms with Crippen molar-refractivity contribution in [3.05, 3.63) is 78.1 Å². The number of carbonyl (C=O) groups excluding carboxylic acids is 1. The number of nitrogens with zero attached hydrogens (tertiary/aromatic N) is 2. The monoisotopic (exact) mass is 397 g/mol. The highest BCUT2D eigenvalue weighted by molar-refractivity contribution is 5.99. The van der Waals surface area contributed by atoms with Gasteiger partial charge in [-0.05, 0) is 54.2 Å². The molecule has 1 N–H and O–H groups in total. The molecule has 0 amide bonds. The van der Waals surface area contributed by atoms with Crippen LogP contribution in [0.3, 0.4) is 0 Å². The molecule has 0 saturated heterocycles. The van der Waals surface area contributed by atoms with Crippen LogP contribution in [0.2, 0.25) is 0 Å². The average Bonchev–Trinajstić information content (AvgIpc) is 3.58. The number of anilines is 2. The van der Waals surface area contributed by atoms with E-state index in [1.165, 1.54) is 18.2 Å². The number of carbonyl (C=O) groups is 1. The summed E-state index contributed by atoms with van der Waals surface area (Å²) in [4.78, 5) is 16.9. The predicted molar refractivity (Wildman–Crippen MR) is 119 cm³/mol. The summed E-state index contributed by atoms with van der Waals surface area (Å²) in [5, 5.41) is 4.47. The van der Waals surface area contributed by atoms with Gasteiger partial charge >= 0.3 is 5.97 Å². The third-order valence-electron chi connectivity index (χ3n) is 5.70. The van der Waals surface area contributed by atoms with Crippen LogP contribution in [0.1, 0.15) is 34.7 Å². The van der Waals surface area contributed by atoms with E-state index in [4.69, 9.17) is 4.74 Å². The van der Waals surface area contributed by atoms with E-state index in [0.29, 0.717) is 17.3 Å². The Bertz CT molecular complexity index is 1240. The van der Waals surface area contributed by atoms with Crippen LogP contribution in [0.5, 0.6) is 0 Å². The molecule has 0 atom stereocenters. The minimum Gasteiger partial charge on any atom is -0.465 e. The number of fused-ring (bicyclic) bond motifs is 1. The van der Waals surface area contributed by atoms with Gasteiger partial charge in [0.05, 0.1) is 7.11 Å². The molecule has 0 aliphatic heterocycles. The molecule has 1 fully saturated rings. The van der Waals surface area contributed by atoms with E-state index in [-0.39, 0.29) is 5.97 Å². The second kappa shape index (κ2) is 7.34. The van der Waals surface area contributed by atoms with Gasteiger partial charge < -0.3 is 14.6 Å². The van der Waals surface area contributed by atoms with Crippen molar-refractivity contribution in [3.8, 4) is 11.1 Å². The van der Waals surface area contributed by atoms with Gasteiger partial charge in [0, 0.05) is 41.6 Å². The third-order valence-corrected chi connectivity index (χ3v) is 5.70. The fourth-order valence-corrected chi connectivity index (χ4v) is 3.94. The van der Waals surface area contributed by atoms with Crippen LogP contribution in [-0.4, -0.2) is 22.6 Å². The van der Waals surface area contributed by atoms with Gasteiger partial charge in [0.2, 0.25) is 0 Å². The second-order valence-electron chi connectivity index (χ2n) is 7.81. The molecule has 2 aromatic heterocycles. The number of ether oxygens (including phenoxy) is 1. The molecular formula is C25H23N3O2. The maximum absolute atomic E-state index is 12.4. The summed E-state index contributed by atoms with van der Waals surface area (Å²) in [5.41, 5.74) is 5.93. The van der Waals surface area contributed by atoms with Crippen LogP contribution < -0.4 is 5.32 Å². The highest BCUT2D eigenvalue weighted by Crippen LogP contribution is 2.41. The van der Waals surface area contributed by atoms with Crippen LogP contribution in [0.25, 0.3) is 22.0 Å². The topological polar surface area (TPSA) is 56.1 Å². The molecule has 0 spiro atoms. The standard InChI is InChI=1S/C25H23N3O2/c1-28-15-22(17-6-4-3-5-7-17)20-13-19(10-11-23(20)28)27-24-21(25(29)30-2)12-18(14-26-24)16-8-9-16/h3-7,10-16H,8-9H2,1-2H3,(H,26,27). The van der Waals surface area contributed by atoms with Gasteiger partial charge in [-0.2, -0.15) is 0 Å². The lowest BCUT2D eigenvalue weighted by molar-refractivity contribution is 0.0601. The molecule has 1 aliphatic carbocycles. The number of methoxy groups -OCH3 is 1. The fourth-order valence-electron chi connectivity index (χ4n) is 3.94. The Kier molecular flexibility index (Phi) is 4.51. The summed E-state index contributed by atoms with van der Waals surface area (Å²) in [6.07, 6.45) is 6.32. The molecule has 5 nitrogen and oxygen atoms in total. The maximum atomic E-state index is 12.4. The highest BCUT2D eigenvalue weighted by atomic mass is 16.5. The predicted octanol–water partition coefficient (Wildman–Crippen LogP) is 5.65. The van der Waals surface area contributed by atoms with E-state index >= 15 is 0 Å². The first-order chi connectivity index (χ1) is 14.6. The Morgan fingerprint density at radius 1 is 1.13 bits per heavy atom. The smallest absolute Gasteiger partial charge is 0.341 e. The molecule has 1 aliphatic rings. The number of hydrogen-bond donors (Lipinski definition) is 1. The number of aryl methyl sites for hydroxylation is 1. The lowest BCUT2D eigenvalue weighted by atomic mass is 10.0. The van der Waals surface area contributed by atoms with E-state index < -0.39 is 0 Å². The van der Waals surface area contributed by atoms with Gasteiger partial charge in [-0.15, -0.1) is 0 Å². The van der Waals surface area contributed by atoms with Crippen molar-refractivity contribution >= 4 is 28.4 Å². The van der Waals surface area contributed by atoms with Crippen LogP contribution in [0, 0.1) is 0 Å². The van der Waals surface area contributed by atoms with Crippen molar-refractivity contribution in [2.45, 2.75) is 18.8 Å². The van der Waals surface area contributed by atoms with Gasteiger partial charge in [-0.25, -0.2) is 9.78 Å². The molecule has 1 saturated carbocycles. The van der Waals surface area contributed by atoms with Crippen molar-refractivity contribution in [2.75, 3.05) is 12.4 Å². The van der Waals surface area contributed by atoms with Gasteiger partial charge in [0.1, 0.15) is 11.4 Å². The number of nitrogens with one attached hydrogen (secondary N) is 1. The van der Waals surface area contributed by atoms with Crippen LogP contribution in [0.4, 0.5) is 11.5 Å². The third kappa shape index (κ3) is 3.32. The first-order valence-corrected chi connectivity index (χ1v) is 10.1. The normalized spacial score (nSPS) is 13.4. The molecule has 4 aromatic rings. The molecule has 30 heavy (non-hydrogen) atoms. The summed E-state index contributed by atoms with van der Waals surface area (Å²) in [6, 6.07) is 18.5. The summed E-state index contributed by atoms with van der Waals surface area (Å²) >= 11 is 0. The Morgan fingerprint density at radius 2 is 1.93 bits per heavy atom. The van der Waals surface area contributed by atoms with E-state index in [9.17, 15) is 4.79 Å². The Labute approximate surface area is 175 Å². The maximum Gasteiger partial charge on any atom is 0.341 e. The van der Waals surface area contributed by atoms with Gasteiger partial charge in [0.15, 0.2) is 0 Å². The number of aromatic nitrogens is 2. The van der Waals surface area contributed by atoms with Gasteiger partial charge in [-0.3, -0.25) is 0 Å². The zero-order chi connectivity index (χ0) is 20.7. The Morgan fingerprint density at radius 3 is 2.67 bits per heavy atom. The molecule has 5 heteroatoms. The van der Waals surface area contributed by atoms with Crippen molar-refractivity contribution in [2.24, 2.45) is 7.05 Å². The lowest BCUT2D eigenvalue weighted by Crippen LogP contribution is -2.08. The first-order valence-electron chi connectivity index (χ1n) is 10.1. The Balaban J connectivity index is 1.55. The van der Waals surface area contributed by atoms with Crippen molar-refractivity contribution < 1.29 is 9.53 Å². The van der Waals surface area contributed by atoms with Crippen LogP contribution in [-0.2, 0) is 11.8 Å². The van der Waals surface area contributed by atoms with E-state index in [1.54, 1.807) is 0 Å². The van der Waals surface area contributed by atoms with E-state index in [2.05, 4.69) is 52.4 Å². The molecule has 0 unspecified atom stereocenters. The zero-order valence-corrected chi connectivity index (χ0v) is 17.1. The highest BCUT2D eigenvalue weighted by Gasteiger charge is 2.26. The largest absolute Gasteiger partial charge is 0.465 e. The number of pyridine rings is 1. The quantitative estimate of drug-likeness (QED) is 0.442. The summed E-state index contributed by atoms with van der Waals surface area (Å²) in [5.74, 6) is 0.658. The zero-order valence-electron chi connectivity index (χ0n) is 17.1. The average molecular weight is 397 g/mol. The summed E-state index contributed by atoms with van der Waals surface area (Å²) in [6.45, 7) is 0. The Hall–Kier alpha value is -3.60. The molecule has 5 rings (SSSR count). The van der Waals surface area contributed by atoms with Crippen molar-refractivity contribution in [3.63, 3.8) is 0 Å². The molecule has 0 bridgehead atoms. The molecule has 150 valence electrons. The minimum absolute atomic E-state index is 0.377. The van der Waals surface area contributed by atoms with Gasteiger partial charge in [-0.1, -0.05) is 30.3 Å². The van der Waals surface area contributed by atoms with Crippen LogP contribution >= 0.6 is 0 Å². The van der Waals surface area contributed by atoms with Gasteiger partial charge in [0.25, 0.3) is 0 Å². The van der Waals surface area contributed by atoms with Crippen LogP contribution in [0.15, 0.2) is 67.0 Å². The number of benzene rings is 2. The molecular weight excluding hydrogens is 374 g/mol. The lowest BCUT2D eigenvalue weighted by Gasteiger charge is -2.12. The minimum atomic E-state index is -0.377. The van der Waals surface area contributed by atoms with E-state index in [0.717, 1.165) is 35.0 Å². The SMILES string of the molecule is COC(=O)c1cc(C2CC2)cnc1Nc1ccc2c(c1)c(-c1ccccc1)cn2C. The number of rotatable bonds is 5. The van der Waals surface area contributed by atoms with Crippen molar-refractivity contribution in [1.82, 2.24) is 9.55 Å². The fraction of sp³-hybridized carbons (Fsp3) is 0.200. The molecule has 2 heterocycles.